The van der Waals surface area contributed by atoms with Gasteiger partial charge in [0.2, 0.25) is 5.82 Å². The van der Waals surface area contributed by atoms with Crippen molar-refractivity contribution in [3.05, 3.63) is 60.6 Å². The van der Waals surface area contributed by atoms with Crippen LogP contribution < -0.4 is 0 Å². The van der Waals surface area contributed by atoms with Crippen molar-refractivity contribution in [1.82, 2.24) is 30.1 Å². The summed E-state index contributed by atoms with van der Waals surface area (Å²) in [6.07, 6.45) is 4.12. The summed E-state index contributed by atoms with van der Waals surface area (Å²) in [4.78, 5) is 8.49. The van der Waals surface area contributed by atoms with Crippen LogP contribution in [0.5, 0.6) is 0 Å². The molecule has 0 atom stereocenters. The SMILES string of the molecule is CCc1c(-c2noc(-c3cccnc3)n2)nnn1-c1ccccc1. The van der Waals surface area contributed by atoms with Crippen LogP contribution in [-0.2, 0) is 6.42 Å². The number of hydrogen-bond donors (Lipinski definition) is 0. The van der Waals surface area contributed by atoms with Gasteiger partial charge in [-0.15, -0.1) is 5.10 Å². The average molecular weight is 318 g/mol. The highest BCUT2D eigenvalue weighted by molar-refractivity contribution is 5.58. The van der Waals surface area contributed by atoms with Gasteiger partial charge in [-0.2, -0.15) is 4.98 Å². The molecule has 4 rings (SSSR count). The van der Waals surface area contributed by atoms with Crippen LogP contribution in [-0.4, -0.2) is 30.1 Å². The van der Waals surface area contributed by atoms with Crippen molar-refractivity contribution >= 4 is 0 Å². The molecular formula is C17H14N6O. The molecule has 0 N–H and O–H groups in total. The van der Waals surface area contributed by atoms with E-state index >= 15 is 0 Å². The van der Waals surface area contributed by atoms with E-state index in [1.54, 1.807) is 17.1 Å². The van der Waals surface area contributed by atoms with Crippen molar-refractivity contribution in [2.75, 3.05) is 0 Å². The number of nitrogens with zero attached hydrogens (tertiary/aromatic N) is 6. The lowest BCUT2D eigenvalue weighted by molar-refractivity contribution is 0.432. The third kappa shape index (κ3) is 2.45. The van der Waals surface area contributed by atoms with Gasteiger partial charge in [-0.3, -0.25) is 4.98 Å². The predicted octanol–water partition coefficient (Wildman–Crippen LogP) is 2.94. The molecule has 24 heavy (non-hydrogen) atoms. The average Bonchev–Trinajstić information content (AvgIpc) is 3.30. The molecule has 0 unspecified atom stereocenters. The van der Waals surface area contributed by atoms with Crippen LogP contribution in [0.1, 0.15) is 12.6 Å². The van der Waals surface area contributed by atoms with Crippen molar-refractivity contribution in [2.45, 2.75) is 13.3 Å². The molecule has 4 aromatic rings. The second-order valence-corrected chi connectivity index (χ2v) is 5.15. The fraction of sp³-hybridized carbons (Fsp3) is 0.118. The van der Waals surface area contributed by atoms with Crippen molar-refractivity contribution in [3.8, 4) is 28.7 Å². The zero-order chi connectivity index (χ0) is 16.4. The summed E-state index contributed by atoms with van der Waals surface area (Å²) in [7, 11) is 0. The molecule has 3 heterocycles. The van der Waals surface area contributed by atoms with Crippen LogP contribution in [0.25, 0.3) is 28.7 Å². The summed E-state index contributed by atoms with van der Waals surface area (Å²) in [5.74, 6) is 0.835. The highest BCUT2D eigenvalue weighted by Gasteiger charge is 2.20. The minimum absolute atomic E-state index is 0.411. The lowest BCUT2D eigenvalue weighted by atomic mass is 10.2. The molecule has 1 aromatic carbocycles. The maximum absolute atomic E-state index is 5.34. The zero-order valence-corrected chi connectivity index (χ0v) is 13.0. The number of hydrogen-bond acceptors (Lipinski definition) is 6. The Hall–Kier alpha value is -3.35. The van der Waals surface area contributed by atoms with Crippen molar-refractivity contribution in [1.29, 1.82) is 0 Å². The van der Waals surface area contributed by atoms with Gasteiger partial charge in [-0.1, -0.05) is 35.5 Å². The fourth-order valence-corrected chi connectivity index (χ4v) is 2.50. The number of aromatic nitrogens is 6. The molecule has 0 saturated heterocycles. The summed E-state index contributed by atoms with van der Waals surface area (Å²) in [5, 5.41) is 12.5. The number of pyridine rings is 1. The third-order valence-electron chi connectivity index (χ3n) is 3.65. The van der Waals surface area contributed by atoms with Gasteiger partial charge in [0.25, 0.3) is 5.89 Å². The van der Waals surface area contributed by atoms with Crippen molar-refractivity contribution < 1.29 is 4.52 Å². The van der Waals surface area contributed by atoms with Crippen LogP contribution in [0, 0.1) is 0 Å². The first kappa shape index (κ1) is 14.3. The minimum Gasteiger partial charge on any atom is -0.333 e. The van der Waals surface area contributed by atoms with Gasteiger partial charge in [0.1, 0.15) is 0 Å². The first-order chi connectivity index (χ1) is 11.9. The smallest absolute Gasteiger partial charge is 0.259 e. The first-order valence-electron chi connectivity index (χ1n) is 7.61. The number of para-hydroxylation sites is 1. The molecule has 0 saturated carbocycles. The molecule has 0 aliphatic rings. The molecule has 0 aliphatic heterocycles. The maximum atomic E-state index is 5.34. The van der Waals surface area contributed by atoms with E-state index in [1.807, 2.05) is 49.4 Å². The molecular weight excluding hydrogens is 304 g/mol. The molecule has 118 valence electrons. The lowest BCUT2D eigenvalue weighted by Crippen LogP contribution is -2.01. The molecule has 7 nitrogen and oxygen atoms in total. The van der Waals surface area contributed by atoms with Crippen molar-refractivity contribution in [2.24, 2.45) is 0 Å². The van der Waals surface area contributed by atoms with Gasteiger partial charge < -0.3 is 4.52 Å². The lowest BCUT2D eigenvalue weighted by Gasteiger charge is -2.04. The summed E-state index contributed by atoms with van der Waals surface area (Å²) in [6, 6.07) is 13.5. The minimum atomic E-state index is 0.411. The molecule has 0 bridgehead atoms. The molecule has 7 heteroatoms. The standard InChI is InChI=1S/C17H14N6O/c1-2-14-15(20-22-23(14)13-8-4-3-5-9-13)16-19-17(24-21-16)12-7-6-10-18-11-12/h3-11H,2H2,1H3. The fourth-order valence-electron chi connectivity index (χ4n) is 2.50. The Labute approximate surface area is 138 Å². The second kappa shape index (κ2) is 6.04. The molecule has 0 aliphatic carbocycles. The third-order valence-corrected chi connectivity index (χ3v) is 3.65. The molecule has 0 radical (unpaired) electrons. The predicted molar refractivity (Wildman–Crippen MR) is 87.3 cm³/mol. The monoisotopic (exact) mass is 318 g/mol. The van der Waals surface area contributed by atoms with E-state index in [0.717, 1.165) is 23.4 Å². The Kier molecular flexibility index (Phi) is 3.59. The van der Waals surface area contributed by atoms with E-state index < -0.39 is 0 Å². The highest BCUT2D eigenvalue weighted by atomic mass is 16.5. The molecule has 0 spiro atoms. The number of rotatable bonds is 4. The maximum Gasteiger partial charge on any atom is 0.259 e. The van der Waals surface area contributed by atoms with Gasteiger partial charge in [0, 0.05) is 12.4 Å². The van der Waals surface area contributed by atoms with E-state index in [9.17, 15) is 0 Å². The van der Waals surface area contributed by atoms with Gasteiger partial charge in [-0.25, -0.2) is 4.68 Å². The number of benzene rings is 1. The topological polar surface area (TPSA) is 82.5 Å². The van der Waals surface area contributed by atoms with Crippen LogP contribution in [0.3, 0.4) is 0 Å². The van der Waals surface area contributed by atoms with Gasteiger partial charge in [-0.05, 0) is 30.7 Å². The zero-order valence-electron chi connectivity index (χ0n) is 13.0. The van der Waals surface area contributed by atoms with Crippen LogP contribution in [0.15, 0.2) is 59.4 Å². The second-order valence-electron chi connectivity index (χ2n) is 5.15. The van der Waals surface area contributed by atoms with Crippen molar-refractivity contribution in [3.63, 3.8) is 0 Å². The summed E-state index contributed by atoms with van der Waals surface area (Å²) in [5.41, 5.74) is 3.27. The van der Waals surface area contributed by atoms with E-state index in [0.29, 0.717) is 17.4 Å². The molecule has 0 amide bonds. The Balaban J connectivity index is 1.76. The normalized spacial score (nSPS) is 10.9. The van der Waals surface area contributed by atoms with E-state index in [4.69, 9.17) is 4.52 Å². The Morgan fingerprint density at radius 3 is 2.71 bits per heavy atom. The Morgan fingerprint density at radius 1 is 1.08 bits per heavy atom. The van der Waals surface area contributed by atoms with E-state index in [-0.39, 0.29) is 0 Å². The van der Waals surface area contributed by atoms with Crippen LogP contribution >= 0.6 is 0 Å². The van der Waals surface area contributed by atoms with E-state index in [1.165, 1.54) is 0 Å². The van der Waals surface area contributed by atoms with Gasteiger partial charge in [0.05, 0.1) is 16.9 Å². The summed E-state index contributed by atoms with van der Waals surface area (Å²) < 4.78 is 7.14. The van der Waals surface area contributed by atoms with Gasteiger partial charge >= 0.3 is 0 Å². The highest BCUT2D eigenvalue weighted by Crippen LogP contribution is 2.24. The molecule has 0 fully saturated rings. The molecule has 3 aromatic heterocycles. The largest absolute Gasteiger partial charge is 0.333 e. The summed E-state index contributed by atoms with van der Waals surface area (Å²) in [6.45, 7) is 2.05. The van der Waals surface area contributed by atoms with Crippen LogP contribution in [0.4, 0.5) is 0 Å². The Bertz CT molecular complexity index is 946. The first-order valence-corrected chi connectivity index (χ1v) is 7.61. The van der Waals surface area contributed by atoms with Gasteiger partial charge in [0.15, 0.2) is 5.69 Å². The summed E-state index contributed by atoms with van der Waals surface area (Å²) >= 11 is 0. The quantitative estimate of drug-likeness (QED) is 0.575. The van der Waals surface area contributed by atoms with E-state index in [2.05, 4.69) is 25.4 Å². The Morgan fingerprint density at radius 2 is 1.96 bits per heavy atom. The van der Waals surface area contributed by atoms with Crippen LogP contribution in [0.2, 0.25) is 0 Å².